The Morgan fingerprint density at radius 1 is 1.12 bits per heavy atom. The van der Waals surface area contributed by atoms with Crippen molar-refractivity contribution in [1.29, 1.82) is 0 Å². The maximum Gasteiger partial charge on any atom is 0.332 e. The number of carboxylic acid groups (broad SMARTS) is 1. The molecule has 1 aromatic rings. The number of hydrogen-bond donors (Lipinski definition) is 4. The van der Waals surface area contributed by atoms with E-state index in [9.17, 15) is 37.5 Å². The Morgan fingerprint density at radius 3 is 2.37 bits per heavy atom. The molecule has 6 N–H and O–H groups in total. The molecule has 1 aliphatic heterocycles. The molecule has 0 radical (unpaired) electrons. The molecule has 13 heteroatoms. The predicted octanol–water partition coefficient (Wildman–Crippen LogP) is 1.81. The highest BCUT2D eigenvalue weighted by molar-refractivity contribution is 6.11. The molecule has 5 atom stereocenters. The van der Waals surface area contributed by atoms with E-state index in [0.29, 0.717) is 25.0 Å². The first-order valence-corrected chi connectivity index (χ1v) is 14.0. The van der Waals surface area contributed by atoms with E-state index >= 15 is 0 Å². The van der Waals surface area contributed by atoms with Gasteiger partial charge in [0, 0.05) is 37.5 Å². The first-order chi connectivity index (χ1) is 19.3. The van der Waals surface area contributed by atoms with Crippen LogP contribution in [0.4, 0.5) is 13.2 Å². The lowest BCUT2D eigenvalue weighted by atomic mass is 9.83. The largest absolute Gasteiger partial charge is 0.480 e. The van der Waals surface area contributed by atoms with Crippen molar-refractivity contribution in [2.45, 2.75) is 94.9 Å². The van der Waals surface area contributed by atoms with Crippen molar-refractivity contribution in [3.05, 3.63) is 35.1 Å². The quantitative estimate of drug-likeness (QED) is 0.137. The molecular formula is C28H39F3N4O6. The molecule has 1 amide bonds. The van der Waals surface area contributed by atoms with E-state index in [1.54, 1.807) is 13.8 Å². The van der Waals surface area contributed by atoms with Gasteiger partial charge in [-0.2, -0.15) is 0 Å². The smallest absolute Gasteiger partial charge is 0.332 e. The molecule has 3 rings (SSSR count). The lowest BCUT2D eigenvalue weighted by Crippen LogP contribution is -2.65. The molecule has 1 heterocycles. The minimum absolute atomic E-state index is 0.0633. The van der Waals surface area contributed by atoms with Gasteiger partial charge in [-0.1, -0.05) is 26.2 Å². The summed E-state index contributed by atoms with van der Waals surface area (Å²) in [5.74, 6) is -6.90. The molecule has 1 aromatic carbocycles. The SMILES string of the molecule is CCC[C@H](N)C(=O)[C@]1(C(=O)O)CC(NC(=O)CC(N)Cc2cc(F)c(F)cc2F)CN1C(CC1CC1)C(=O)OCC. The van der Waals surface area contributed by atoms with E-state index in [-0.39, 0.29) is 50.3 Å². The number of rotatable bonds is 15. The average molecular weight is 585 g/mol. The summed E-state index contributed by atoms with van der Waals surface area (Å²) in [6.45, 7) is 3.36. The summed E-state index contributed by atoms with van der Waals surface area (Å²) in [6.07, 6.45) is 1.86. The fraction of sp³-hybridized carbons (Fsp3) is 0.643. The van der Waals surface area contributed by atoms with Gasteiger partial charge < -0.3 is 26.6 Å². The molecule has 1 saturated carbocycles. The Kier molecular flexibility index (Phi) is 10.9. The third-order valence-electron chi connectivity index (χ3n) is 7.72. The van der Waals surface area contributed by atoms with Gasteiger partial charge in [-0.05, 0) is 43.7 Å². The Balaban J connectivity index is 1.83. The second kappa shape index (κ2) is 13.8. The number of ether oxygens (including phenoxy) is 1. The van der Waals surface area contributed by atoms with Gasteiger partial charge in [0.25, 0.3) is 0 Å². The summed E-state index contributed by atoms with van der Waals surface area (Å²) in [7, 11) is 0. The van der Waals surface area contributed by atoms with Crippen molar-refractivity contribution >= 4 is 23.6 Å². The van der Waals surface area contributed by atoms with E-state index in [4.69, 9.17) is 16.2 Å². The highest BCUT2D eigenvalue weighted by Gasteiger charge is 2.61. The van der Waals surface area contributed by atoms with Crippen molar-refractivity contribution in [1.82, 2.24) is 10.2 Å². The first kappa shape index (κ1) is 32.5. The molecule has 3 unspecified atom stereocenters. The van der Waals surface area contributed by atoms with Crippen LogP contribution in [0.1, 0.15) is 64.4 Å². The normalized spacial score (nSPS) is 23.0. The van der Waals surface area contributed by atoms with Gasteiger partial charge in [0.05, 0.1) is 12.6 Å². The van der Waals surface area contributed by atoms with Gasteiger partial charge in [0.2, 0.25) is 5.91 Å². The standard InChI is InChI=1S/C28H39F3N4O6/c1-3-5-22(33)25(37)28(27(39)40)13-18(14-35(28)23(8-15-6-7-15)26(38)41-4-2)34-24(36)11-17(32)9-16-10-20(30)21(31)12-19(16)29/h10,12,15,17-18,22-23H,3-9,11,13-14,32-33H2,1-2H3,(H,34,36)(H,39,40)/t17?,18?,22-,23?,28-/m0/s1. The van der Waals surface area contributed by atoms with Gasteiger partial charge in [0.1, 0.15) is 11.9 Å². The number of nitrogens with one attached hydrogen (secondary N) is 1. The number of carbonyl (C=O) groups excluding carboxylic acids is 3. The molecule has 0 bridgehead atoms. The number of esters is 1. The number of halogens is 3. The molecule has 41 heavy (non-hydrogen) atoms. The third kappa shape index (κ3) is 7.63. The van der Waals surface area contributed by atoms with Crippen LogP contribution in [0.5, 0.6) is 0 Å². The topological polar surface area (TPSA) is 165 Å². The van der Waals surface area contributed by atoms with Crippen LogP contribution < -0.4 is 16.8 Å². The van der Waals surface area contributed by atoms with Gasteiger partial charge in [-0.25, -0.2) is 18.0 Å². The first-order valence-electron chi connectivity index (χ1n) is 14.0. The van der Waals surface area contributed by atoms with Crippen molar-refractivity contribution < 1.29 is 42.2 Å². The maximum atomic E-state index is 14.0. The molecule has 10 nitrogen and oxygen atoms in total. The Labute approximate surface area is 236 Å². The van der Waals surface area contributed by atoms with Gasteiger partial charge in [-0.3, -0.25) is 19.3 Å². The van der Waals surface area contributed by atoms with E-state index in [0.717, 1.165) is 12.8 Å². The zero-order valence-electron chi connectivity index (χ0n) is 23.3. The molecule has 1 saturated heterocycles. The predicted molar refractivity (Wildman–Crippen MR) is 142 cm³/mol. The van der Waals surface area contributed by atoms with Crippen LogP contribution in [0.3, 0.4) is 0 Å². The van der Waals surface area contributed by atoms with E-state index in [1.807, 2.05) is 0 Å². The van der Waals surface area contributed by atoms with Crippen LogP contribution in [0, 0.1) is 23.4 Å². The summed E-state index contributed by atoms with van der Waals surface area (Å²) in [5.41, 5.74) is 9.74. The van der Waals surface area contributed by atoms with Crippen LogP contribution in [0.2, 0.25) is 0 Å². The number of amides is 1. The lowest BCUT2D eigenvalue weighted by Gasteiger charge is -2.38. The van der Waals surface area contributed by atoms with Crippen LogP contribution in [0.15, 0.2) is 12.1 Å². The molecule has 228 valence electrons. The number of carbonyl (C=O) groups is 4. The second-order valence-electron chi connectivity index (χ2n) is 11.0. The summed E-state index contributed by atoms with van der Waals surface area (Å²) >= 11 is 0. The minimum Gasteiger partial charge on any atom is -0.480 e. The minimum atomic E-state index is -2.17. The van der Waals surface area contributed by atoms with Crippen LogP contribution in [-0.4, -0.2) is 76.5 Å². The Hall–Kier alpha value is -3.03. The molecule has 0 aromatic heterocycles. The van der Waals surface area contributed by atoms with E-state index in [1.165, 1.54) is 4.90 Å². The van der Waals surface area contributed by atoms with Crippen molar-refractivity contribution in [2.75, 3.05) is 13.2 Å². The van der Waals surface area contributed by atoms with Crippen LogP contribution in [-0.2, 0) is 30.3 Å². The number of nitrogens with two attached hydrogens (primary N) is 2. The molecular weight excluding hydrogens is 545 g/mol. The van der Waals surface area contributed by atoms with Crippen molar-refractivity contribution in [3.8, 4) is 0 Å². The van der Waals surface area contributed by atoms with Crippen LogP contribution >= 0.6 is 0 Å². The number of nitrogens with zero attached hydrogens (tertiary/aromatic N) is 1. The van der Waals surface area contributed by atoms with Crippen molar-refractivity contribution in [3.63, 3.8) is 0 Å². The fourth-order valence-electron chi connectivity index (χ4n) is 5.59. The highest BCUT2D eigenvalue weighted by Crippen LogP contribution is 2.40. The summed E-state index contributed by atoms with van der Waals surface area (Å²) < 4.78 is 46.1. The number of ketones is 1. The lowest BCUT2D eigenvalue weighted by molar-refractivity contribution is -0.164. The summed E-state index contributed by atoms with van der Waals surface area (Å²) in [6, 6.07) is -2.89. The van der Waals surface area contributed by atoms with Gasteiger partial charge in [-0.15, -0.1) is 0 Å². The van der Waals surface area contributed by atoms with Crippen LogP contribution in [0.25, 0.3) is 0 Å². The molecule has 1 aliphatic carbocycles. The molecule has 0 spiro atoms. The summed E-state index contributed by atoms with van der Waals surface area (Å²) in [4.78, 5) is 53.8. The van der Waals surface area contributed by atoms with Gasteiger partial charge >= 0.3 is 11.9 Å². The highest BCUT2D eigenvalue weighted by atomic mass is 19.2. The number of likely N-dealkylation sites (tertiary alicyclic amines) is 1. The number of carboxylic acids is 1. The maximum absolute atomic E-state index is 14.0. The fourth-order valence-corrected chi connectivity index (χ4v) is 5.59. The molecule has 2 fully saturated rings. The van der Waals surface area contributed by atoms with Crippen molar-refractivity contribution in [2.24, 2.45) is 17.4 Å². The number of aliphatic carboxylic acids is 1. The zero-order chi connectivity index (χ0) is 30.5. The van der Waals surface area contributed by atoms with E-state index in [2.05, 4.69) is 5.32 Å². The zero-order valence-corrected chi connectivity index (χ0v) is 23.3. The Morgan fingerprint density at radius 2 is 1.78 bits per heavy atom. The average Bonchev–Trinajstić information content (AvgIpc) is 3.64. The number of hydrogen-bond acceptors (Lipinski definition) is 8. The Bertz CT molecular complexity index is 1150. The monoisotopic (exact) mass is 584 g/mol. The number of benzene rings is 1. The second-order valence-corrected chi connectivity index (χ2v) is 11.0. The van der Waals surface area contributed by atoms with Gasteiger partial charge in [0.15, 0.2) is 23.0 Å². The number of Topliss-reactive ketones (excluding diaryl/α,β-unsaturated/α-hetero) is 1. The molecule has 2 aliphatic rings. The van der Waals surface area contributed by atoms with E-state index < -0.39 is 70.8 Å². The summed E-state index contributed by atoms with van der Waals surface area (Å²) in [5, 5.41) is 13.2. The third-order valence-corrected chi connectivity index (χ3v) is 7.72.